The van der Waals surface area contributed by atoms with Gasteiger partial charge in [0.25, 0.3) is 5.91 Å². The molecule has 3 heterocycles. The van der Waals surface area contributed by atoms with Gasteiger partial charge in [-0.1, -0.05) is 6.92 Å². The lowest BCUT2D eigenvalue weighted by Crippen LogP contribution is -2.46. The molecule has 8 heteroatoms. The SMILES string of the molecule is CCc1oc(C(=O)N2CCS(=O)(=O)CC2c2cnn(C)c2)cc1C. The third kappa shape index (κ3) is 3.10. The van der Waals surface area contributed by atoms with Crippen LogP contribution in [0.4, 0.5) is 0 Å². The Morgan fingerprint density at radius 1 is 1.46 bits per heavy atom. The standard InChI is InChI=1S/C16H21N3O4S/c1-4-14-11(2)7-15(23-14)16(20)19-5-6-24(21,22)10-13(19)12-8-17-18(3)9-12/h7-9,13H,4-6,10H2,1-3H3. The van der Waals surface area contributed by atoms with E-state index in [1.54, 1.807) is 35.1 Å². The molecule has 1 amide bonds. The molecule has 1 aliphatic heterocycles. The normalized spacial score (nSPS) is 20.3. The predicted molar refractivity (Wildman–Crippen MR) is 88.5 cm³/mol. The van der Waals surface area contributed by atoms with Gasteiger partial charge in [-0.3, -0.25) is 9.48 Å². The Labute approximate surface area is 141 Å². The molecule has 2 aromatic rings. The summed E-state index contributed by atoms with van der Waals surface area (Å²) < 4.78 is 31.4. The summed E-state index contributed by atoms with van der Waals surface area (Å²) in [5.74, 6) is 0.639. The topological polar surface area (TPSA) is 85.4 Å². The molecule has 2 aromatic heterocycles. The van der Waals surface area contributed by atoms with E-state index >= 15 is 0 Å². The highest BCUT2D eigenvalue weighted by Gasteiger charge is 2.37. The largest absolute Gasteiger partial charge is 0.456 e. The zero-order valence-corrected chi connectivity index (χ0v) is 14.8. The fraction of sp³-hybridized carbons (Fsp3) is 0.500. The monoisotopic (exact) mass is 351 g/mol. The summed E-state index contributed by atoms with van der Waals surface area (Å²) in [6.07, 6.45) is 4.06. The van der Waals surface area contributed by atoms with E-state index in [0.29, 0.717) is 12.0 Å². The summed E-state index contributed by atoms with van der Waals surface area (Å²) in [7, 11) is -1.43. The number of nitrogens with zero attached hydrogens (tertiary/aromatic N) is 3. The van der Waals surface area contributed by atoms with Crippen molar-refractivity contribution >= 4 is 15.7 Å². The summed E-state index contributed by atoms with van der Waals surface area (Å²) in [6, 6.07) is 1.19. The first kappa shape index (κ1) is 16.8. The fourth-order valence-corrected chi connectivity index (χ4v) is 4.55. The van der Waals surface area contributed by atoms with Crippen LogP contribution in [0.15, 0.2) is 22.9 Å². The second kappa shape index (κ2) is 6.08. The first-order valence-electron chi connectivity index (χ1n) is 7.90. The van der Waals surface area contributed by atoms with Gasteiger partial charge in [0.2, 0.25) is 0 Å². The summed E-state index contributed by atoms with van der Waals surface area (Å²) in [5.41, 5.74) is 1.65. The van der Waals surface area contributed by atoms with Gasteiger partial charge in [-0.15, -0.1) is 0 Å². The van der Waals surface area contributed by atoms with E-state index in [9.17, 15) is 13.2 Å². The van der Waals surface area contributed by atoms with Crippen molar-refractivity contribution in [2.45, 2.75) is 26.3 Å². The number of hydrogen-bond acceptors (Lipinski definition) is 5. The summed E-state index contributed by atoms with van der Waals surface area (Å²) in [6.45, 7) is 4.02. The lowest BCUT2D eigenvalue weighted by molar-refractivity contribution is 0.0663. The average molecular weight is 351 g/mol. The molecule has 1 fully saturated rings. The number of aromatic nitrogens is 2. The molecule has 1 aliphatic rings. The minimum Gasteiger partial charge on any atom is -0.456 e. The Morgan fingerprint density at radius 2 is 2.21 bits per heavy atom. The van der Waals surface area contributed by atoms with E-state index < -0.39 is 15.9 Å². The molecule has 130 valence electrons. The number of carbonyl (C=O) groups excluding carboxylic acids is 1. The molecule has 0 bridgehead atoms. The number of aryl methyl sites for hydroxylation is 3. The number of furan rings is 1. The second-order valence-corrected chi connectivity index (χ2v) is 8.38. The van der Waals surface area contributed by atoms with Gasteiger partial charge in [-0.2, -0.15) is 5.10 Å². The Kier molecular flexibility index (Phi) is 4.25. The van der Waals surface area contributed by atoms with Crippen molar-refractivity contribution in [2.75, 3.05) is 18.1 Å². The van der Waals surface area contributed by atoms with Crippen LogP contribution in [0.1, 0.15) is 40.4 Å². The number of carbonyl (C=O) groups is 1. The quantitative estimate of drug-likeness (QED) is 0.836. The van der Waals surface area contributed by atoms with Crippen LogP contribution in [0, 0.1) is 6.92 Å². The van der Waals surface area contributed by atoms with Gasteiger partial charge in [0.05, 0.1) is 23.7 Å². The number of rotatable bonds is 3. The van der Waals surface area contributed by atoms with Gasteiger partial charge in [0.15, 0.2) is 15.6 Å². The fourth-order valence-electron chi connectivity index (χ4n) is 3.06. The smallest absolute Gasteiger partial charge is 0.290 e. The van der Waals surface area contributed by atoms with E-state index in [2.05, 4.69) is 5.10 Å². The third-order valence-corrected chi connectivity index (χ3v) is 5.98. The molecule has 7 nitrogen and oxygen atoms in total. The van der Waals surface area contributed by atoms with Crippen LogP contribution in [-0.2, 0) is 23.3 Å². The van der Waals surface area contributed by atoms with E-state index in [4.69, 9.17) is 4.42 Å². The first-order chi connectivity index (χ1) is 11.3. The zero-order valence-electron chi connectivity index (χ0n) is 14.0. The van der Waals surface area contributed by atoms with Crippen LogP contribution in [0.3, 0.4) is 0 Å². The molecule has 3 rings (SSSR count). The van der Waals surface area contributed by atoms with Gasteiger partial charge >= 0.3 is 0 Å². The molecule has 24 heavy (non-hydrogen) atoms. The molecule has 0 N–H and O–H groups in total. The van der Waals surface area contributed by atoms with Crippen molar-refractivity contribution in [3.8, 4) is 0 Å². The maximum Gasteiger partial charge on any atom is 0.290 e. The molecule has 1 atom stereocenters. The van der Waals surface area contributed by atoms with Gasteiger partial charge in [0.1, 0.15) is 5.76 Å². The van der Waals surface area contributed by atoms with Gasteiger partial charge in [-0.05, 0) is 18.6 Å². The summed E-state index contributed by atoms with van der Waals surface area (Å²) in [5, 5.41) is 4.10. The molecule has 0 aromatic carbocycles. The van der Waals surface area contributed by atoms with Crippen molar-refractivity contribution in [3.05, 3.63) is 41.1 Å². The van der Waals surface area contributed by atoms with E-state index in [-0.39, 0.29) is 29.7 Å². The molecule has 0 aliphatic carbocycles. The highest BCUT2D eigenvalue weighted by molar-refractivity contribution is 7.91. The maximum absolute atomic E-state index is 12.9. The number of amides is 1. The Balaban J connectivity index is 1.95. The Morgan fingerprint density at radius 3 is 2.79 bits per heavy atom. The maximum atomic E-state index is 12.9. The van der Waals surface area contributed by atoms with Crippen molar-refractivity contribution in [2.24, 2.45) is 7.05 Å². The van der Waals surface area contributed by atoms with Crippen LogP contribution >= 0.6 is 0 Å². The zero-order chi connectivity index (χ0) is 17.5. The third-order valence-electron chi connectivity index (χ3n) is 4.35. The van der Waals surface area contributed by atoms with Crippen LogP contribution in [0.5, 0.6) is 0 Å². The van der Waals surface area contributed by atoms with Crippen LogP contribution < -0.4 is 0 Å². The van der Waals surface area contributed by atoms with Crippen molar-refractivity contribution in [3.63, 3.8) is 0 Å². The molecule has 1 saturated heterocycles. The van der Waals surface area contributed by atoms with E-state index in [1.165, 1.54) is 0 Å². The predicted octanol–water partition coefficient (Wildman–Crippen LogP) is 1.50. The van der Waals surface area contributed by atoms with Crippen LogP contribution in [0.25, 0.3) is 0 Å². The first-order valence-corrected chi connectivity index (χ1v) is 9.72. The van der Waals surface area contributed by atoms with E-state index in [0.717, 1.165) is 11.3 Å². The summed E-state index contributed by atoms with van der Waals surface area (Å²) in [4.78, 5) is 14.5. The highest BCUT2D eigenvalue weighted by atomic mass is 32.2. The van der Waals surface area contributed by atoms with E-state index in [1.807, 2.05) is 13.8 Å². The molecule has 1 unspecified atom stereocenters. The Hall–Kier alpha value is -2.09. The van der Waals surface area contributed by atoms with Gasteiger partial charge < -0.3 is 9.32 Å². The molecule has 0 spiro atoms. The molecular weight excluding hydrogens is 330 g/mol. The molecule has 0 saturated carbocycles. The Bertz CT molecular complexity index is 866. The number of hydrogen-bond donors (Lipinski definition) is 0. The average Bonchev–Trinajstić information content (AvgIpc) is 3.11. The minimum absolute atomic E-state index is 0.0319. The summed E-state index contributed by atoms with van der Waals surface area (Å²) >= 11 is 0. The molecule has 0 radical (unpaired) electrons. The van der Waals surface area contributed by atoms with Crippen molar-refractivity contribution in [1.82, 2.24) is 14.7 Å². The minimum atomic E-state index is -3.19. The number of sulfone groups is 1. The molecular formula is C16H21N3O4S. The second-order valence-electron chi connectivity index (χ2n) is 6.15. The lowest BCUT2D eigenvalue weighted by atomic mass is 10.1. The van der Waals surface area contributed by atoms with Crippen LogP contribution in [-0.4, -0.2) is 47.1 Å². The van der Waals surface area contributed by atoms with Crippen molar-refractivity contribution < 1.29 is 17.6 Å². The van der Waals surface area contributed by atoms with Gasteiger partial charge in [0, 0.05) is 31.8 Å². The highest BCUT2D eigenvalue weighted by Crippen LogP contribution is 2.29. The van der Waals surface area contributed by atoms with Crippen LogP contribution in [0.2, 0.25) is 0 Å². The lowest BCUT2D eigenvalue weighted by Gasteiger charge is -2.34. The van der Waals surface area contributed by atoms with Crippen molar-refractivity contribution in [1.29, 1.82) is 0 Å². The van der Waals surface area contributed by atoms with Gasteiger partial charge in [-0.25, -0.2) is 8.42 Å².